The van der Waals surface area contributed by atoms with Gasteiger partial charge in [-0.2, -0.15) is 5.10 Å². The summed E-state index contributed by atoms with van der Waals surface area (Å²) >= 11 is 0. The van der Waals surface area contributed by atoms with Crippen LogP contribution < -0.4 is 10.2 Å². The molecule has 2 rings (SSSR count). The largest absolute Gasteiger partial charge is 0.497 e. The van der Waals surface area contributed by atoms with Gasteiger partial charge in [0.15, 0.2) is 0 Å². The Balaban J connectivity index is 2.00. The lowest BCUT2D eigenvalue weighted by atomic mass is 10.1. The summed E-state index contributed by atoms with van der Waals surface area (Å²) in [5, 5.41) is 4.24. The van der Waals surface area contributed by atoms with Crippen molar-refractivity contribution in [3.8, 4) is 5.75 Å². The van der Waals surface area contributed by atoms with Crippen LogP contribution >= 0.6 is 0 Å². The maximum Gasteiger partial charge on any atom is 0.244 e. The van der Waals surface area contributed by atoms with Crippen molar-refractivity contribution in [1.82, 2.24) is 5.43 Å². The van der Waals surface area contributed by atoms with Gasteiger partial charge in [0.05, 0.1) is 19.2 Å². The Morgan fingerprint density at radius 3 is 2.36 bits per heavy atom. The zero-order valence-electron chi connectivity index (χ0n) is 12.9. The topological polar surface area (TPSA) is 50.7 Å². The number of hydrogen-bond donors (Lipinski definition) is 1. The molecule has 0 fully saturated rings. The monoisotopic (exact) mass is 296 g/mol. The first-order valence-electron chi connectivity index (χ1n) is 7.26. The Bertz CT molecular complexity index is 634. The molecule has 4 nitrogen and oxygen atoms in total. The molecule has 0 unspecified atom stereocenters. The maximum absolute atomic E-state index is 11.9. The highest BCUT2D eigenvalue weighted by atomic mass is 16.5. The molecule has 0 aliphatic heterocycles. The van der Waals surface area contributed by atoms with E-state index in [1.54, 1.807) is 7.11 Å². The first-order valence-corrected chi connectivity index (χ1v) is 7.26. The number of amides is 1. The minimum atomic E-state index is -0.120. The fourth-order valence-electron chi connectivity index (χ4n) is 2.08. The Labute approximate surface area is 130 Å². The minimum absolute atomic E-state index is 0.120. The van der Waals surface area contributed by atoms with Crippen molar-refractivity contribution in [3.63, 3.8) is 0 Å². The molecule has 0 radical (unpaired) electrons. The lowest BCUT2D eigenvalue weighted by molar-refractivity contribution is -0.120. The molecule has 4 heteroatoms. The van der Waals surface area contributed by atoms with Gasteiger partial charge in [-0.25, -0.2) is 5.43 Å². The number of nitrogens with zero attached hydrogens (tertiary/aromatic N) is 1. The summed E-state index contributed by atoms with van der Waals surface area (Å²) in [5.74, 6) is 0.679. The Morgan fingerprint density at radius 2 is 1.77 bits per heavy atom. The van der Waals surface area contributed by atoms with E-state index in [2.05, 4.69) is 10.5 Å². The Morgan fingerprint density at radius 1 is 1.09 bits per heavy atom. The molecule has 0 atom stereocenters. The van der Waals surface area contributed by atoms with Gasteiger partial charge in [0.2, 0.25) is 5.91 Å². The van der Waals surface area contributed by atoms with Gasteiger partial charge in [0.1, 0.15) is 5.75 Å². The van der Waals surface area contributed by atoms with E-state index in [0.717, 1.165) is 29.0 Å². The molecule has 2 aromatic rings. The highest BCUT2D eigenvalue weighted by Gasteiger charge is 2.05. The molecule has 0 bridgehead atoms. The summed E-state index contributed by atoms with van der Waals surface area (Å²) in [6.45, 7) is 2.01. The molecule has 1 amide bonds. The van der Waals surface area contributed by atoms with Crippen LogP contribution in [0, 0.1) is 0 Å². The summed E-state index contributed by atoms with van der Waals surface area (Å²) in [4.78, 5) is 11.9. The number of hydrogen-bond acceptors (Lipinski definition) is 3. The SMILES string of the molecule is CCC(=NNC(=O)Cc1ccccc1)c1ccc(OC)cc1. The summed E-state index contributed by atoms with van der Waals surface area (Å²) in [6, 6.07) is 17.2. The molecular weight excluding hydrogens is 276 g/mol. The molecule has 0 spiro atoms. The molecule has 22 heavy (non-hydrogen) atoms. The quantitative estimate of drug-likeness (QED) is 0.657. The van der Waals surface area contributed by atoms with Crippen LogP contribution in [0.4, 0.5) is 0 Å². The van der Waals surface area contributed by atoms with Crippen LogP contribution in [0.15, 0.2) is 59.7 Å². The average Bonchev–Trinajstić information content (AvgIpc) is 2.57. The fraction of sp³-hybridized carbons (Fsp3) is 0.222. The van der Waals surface area contributed by atoms with Crippen LogP contribution in [0.2, 0.25) is 0 Å². The van der Waals surface area contributed by atoms with E-state index in [0.29, 0.717) is 6.42 Å². The smallest absolute Gasteiger partial charge is 0.244 e. The molecule has 0 aliphatic rings. The van der Waals surface area contributed by atoms with Crippen LogP contribution in [-0.4, -0.2) is 18.7 Å². The first-order chi connectivity index (χ1) is 10.7. The number of hydrazone groups is 1. The van der Waals surface area contributed by atoms with Crippen molar-refractivity contribution in [3.05, 3.63) is 65.7 Å². The summed E-state index contributed by atoms with van der Waals surface area (Å²) in [6.07, 6.45) is 1.06. The van der Waals surface area contributed by atoms with Crippen LogP contribution in [0.3, 0.4) is 0 Å². The second-order valence-electron chi connectivity index (χ2n) is 4.84. The number of nitrogens with one attached hydrogen (secondary N) is 1. The summed E-state index contributed by atoms with van der Waals surface area (Å²) in [5.41, 5.74) is 5.41. The first kappa shape index (κ1) is 15.8. The van der Waals surface area contributed by atoms with E-state index in [-0.39, 0.29) is 5.91 Å². The van der Waals surface area contributed by atoms with Gasteiger partial charge in [0, 0.05) is 0 Å². The normalized spacial score (nSPS) is 11.1. The number of carbonyl (C=O) groups is 1. The lowest BCUT2D eigenvalue weighted by Gasteiger charge is -2.06. The summed E-state index contributed by atoms with van der Waals surface area (Å²) < 4.78 is 5.14. The van der Waals surface area contributed by atoms with Crippen molar-refractivity contribution >= 4 is 11.6 Å². The van der Waals surface area contributed by atoms with Crippen molar-refractivity contribution in [2.45, 2.75) is 19.8 Å². The molecule has 114 valence electrons. The third-order valence-electron chi connectivity index (χ3n) is 3.28. The van der Waals surface area contributed by atoms with E-state index >= 15 is 0 Å². The van der Waals surface area contributed by atoms with Gasteiger partial charge in [-0.3, -0.25) is 4.79 Å². The van der Waals surface area contributed by atoms with Crippen molar-refractivity contribution < 1.29 is 9.53 Å². The summed E-state index contributed by atoms with van der Waals surface area (Å²) in [7, 11) is 1.63. The van der Waals surface area contributed by atoms with Gasteiger partial charge in [0.25, 0.3) is 0 Å². The van der Waals surface area contributed by atoms with Gasteiger partial charge in [-0.1, -0.05) is 37.3 Å². The van der Waals surface area contributed by atoms with E-state index < -0.39 is 0 Å². The molecular formula is C18H20N2O2. The minimum Gasteiger partial charge on any atom is -0.497 e. The number of rotatable bonds is 6. The zero-order chi connectivity index (χ0) is 15.8. The zero-order valence-corrected chi connectivity index (χ0v) is 12.9. The van der Waals surface area contributed by atoms with E-state index in [1.165, 1.54) is 0 Å². The average molecular weight is 296 g/mol. The van der Waals surface area contributed by atoms with Crippen LogP contribution in [0.25, 0.3) is 0 Å². The number of carbonyl (C=O) groups excluding carboxylic acids is 1. The van der Waals surface area contributed by atoms with Crippen molar-refractivity contribution in [1.29, 1.82) is 0 Å². The molecule has 1 N–H and O–H groups in total. The third-order valence-corrected chi connectivity index (χ3v) is 3.28. The van der Waals surface area contributed by atoms with Crippen LogP contribution in [0.5, 0.6) is 5.75 Å². The number of benzene rings is 2. The predicted molar refractivity (Wildman–Crippen MR) is 88.1 cm³/mol. The third kappa shape index (κ3) is 4.45. The molecule has 0 heterocycles. The van der Waals surface area contributed by atoms with E-state index in [9.17, 15) is 4.79 Å². The molecule has 0 aliphatic carbocycles. The predicted octanol–water partition coefficient (Wildman–Crippen LogP) is 3.17. The fourth-order valence-corrected chi connectivity index (χ4v) is 2.08. The molecule has 2 aromatic carbocycles. The van der Waals surface area contributed by atoms with Crippen molar-refractivity contribution in [2.75, 3.05) is 7.11 Å². The highest BCUT2D eigenvalue weighted by Crippen LogP contribution is 2.13. The highest BCUT2D eigenvalue weighted by molar-refractivity contribution is 6.01. The van der Waals surface area contributed by atoms with E-state index in [1.807, 2.05) is 61.5 Å². The van der Waals surface area contributed by atoms with Gasteiger partial charge >= 0.3 is 0 Å². The molecule has 0 saturated heterocycles. The van der Waals surface area contributed by atoms with E-state index in [4.69, 9.17) is 4.74 Å². The lowest BCUT2D eigenvalue weighted by Crippen LogP contribution is -2.21. The Kier molecular flexibility index (Phi) is 5.72. The van der Waals surface area contributed by atoms with Gasteiger partial charge in [-0.05, 0) is 41.8 Å². The number of methoxy groups -OCH3 is 1. The maximum atomic E-state index is 11.9. The van der Waals surface area contributed by atoms with Gasteiger partial charge < -0.3 is 4.74 Å². The second-order valence-corrected chi connectivity index (χ2v) is 4.84. The van der Waals surface area contributed by atoms with Gasteiger partial charge in [-0.15, -0.1) is 0 Å². The van der Waals surface area contributed by atoms with Crippen LogP contribution in [-0.2, 0) is 11.2 Å². The Hall–Kier alpha value is -2.62. The van der Waals surface area contributed by atoms with Crippen molar-refractivity contribution in [2.24, 2.45) is 5.10 Å². The van der Waals surface area contributed by atoms with Crippen LogP contribution in [0.1, 0.15) is 24.5 Å². The number of ether oxygens (including phenoxy) is 1. The molecule has 0 aromatic heterocycles. The molecule has 0 saturated carbocycles. The standard InChI is InChI=1S/C18H20N2O2/c1-3-17(15-9-11-16(22-2)12-10-15)19-20-18(21)13-14-7-5-4-6-8-14/h4-12H,3,13H2,1-2H3,(H,20,21). The second kappa shape index (κ2) is 7.98.